The van der Waals surface area contributed by atoms with Crippen LogP contribution in [0.15, 0.2) is 12.1 Å². The van der Waals surface area contributed by atoms with E-state index in [0.29, 0.717) is 35.6 Å². The Kier molecular flexibility index (Phi) is 6.07. The van der Waals surface area contributed by atoms with Crippen LogP contribution in [0, 0.1) is 0 Å². The molecule has 0 radical (unpaired) electrons. The van der Waals surface area contributed by atoms with Crippen LogP contribution in [0.5, 0.6) is 11.5 Å². The standard InChI is InChI=1S/C18H24N2O6/c1-19(2)15(21)10-11-8-12(9-14(24-3)16(11)25-4)17(22)20-7-6-13(20)18(23)26-5/h8-9,13H,6-7,10H2,1-5H3. The molecule has 0 spiro atoms. The maximum atomic E-state index is 12.8. The van der Waals surface area contributed by atoms with Crippen LogP contribution >= 0.6 is 0 Å². The molecule has 1 heterocycles. The van der Waals surface area contributed by atoms with Crippen LogP contribution in [0.2, 0.25) is 0 Å². The Morgan fingerprint density at radius 2 is 1.85 bits per heavy atom. The molecule has 2 amide bonds. The second kappa shape index (κ2) is 8.07. The SMILES string of the molecule is COC(=O)C1CCN1C(=O)c1cc(CC(=O)N(C)C)c(OC)c(OC)c1. The highest BCUT2D eigenvalue weighted by Gasteiger charge is 2.39. The number of likely N-dealkylation sites (tertiary alicyclic amines) is 1. The van der Waals surface area contributed by atoms with Crippen molar-refractivity contribution >= 4 is 17.8 Å². The van der Waals surface area contributed by atoms with E-state index >= 15 is 0 Å². The Morgan fingerprint density at radius 3 is 2.31 bits per heavy atom. The van der Waals surface area contributed by atoms with E-state index in [1.807, 2.05) is 0 Å². The lowest BCUT2D eigenvalue weighted by molar-refractivity contribution is -0.149. The minimum atomic E-state index is -0.576. The average molecular weight is 364 g/mol. The summed E-state index contributed by atoms with van der Waals surface area (Å²) in [7, 11) is 7.55. The fourth-order valence-corrected chi connectivity index (χ4v) is 2.80. The Labute approximate surface area is 152 Å². The molecular formula is C18H24N2O6. The number of nitrogens with zero attached hydrogens (tertiary/aromatic N) is 2. The summed E-state index contributed by atoms with van der Waals surface area (Å²) >= 11 is 0. The van der Waals surface area contributed by atoms with Crippen molar-refractivity contribution in [2.45, 2.75) is 18.9 Å². The first kappa shape index (κ1) is 19.6. The van der Waals surface area contributed by atoms with Crippen molar-refractivity contribution in [2.75, 3.05) is 42.0 Å². The molecule has 1 atom stereocenters. The summed E-state index contributed by atoms with van der Waals surface area (Å²) in [5.74, 6) is -0.118. The van der Waals surface area contributed by atoms with Gasteiger partial charge in [0.25, 0.3) is 5.91 Å². The summed E-state index contributed by atoms with van der Waals surface area (Å²) in [5.41, 5.74) is 0.877. The van der Waals surface area contributed by atoms with E-state index in [2.05, 4.69) is 0 Å². The summed E-state index contributed by atoms with van der Waals surface area (Å²) in [5, 5.41) is 0. The van der Waals surface area contributed by atoms with E-state index in [9.17, 15) is 14.4 Å². The lowest BCUT2D eigenvalue weighted by Crippen LogP contribution is -2.55. The number of hydrogen-bond donors (Lipinski definition) is 0. The van der Waals surface area contributed by atoms with E-state index in [4.69, 9.17) is 14.2 Å². The third-order valence-electron chi connectivity index (χ3n) is 4.40. The number of methoxy groups -OCH3 is 3. The highest BCUT2D eigenvalue weighted by Crippen LogP contribution is 2.34. The van der Waals surface area contributed by atoms with E-state index < -0.39 is 12.0 Å². The maximum absolute atomic E-state index is 12.8. The number of carbonyl (C=O) groups excluding carboxylic acids is 3. The van der Waals surface area contributed by atoms with Crippen molar-refractivity contribution in [3.05, 3.63) is 23.3 Å². The highest BCUT2D eigenvalue weighted by atomic mass is 16.5. The second-order valence-electron chi connectivity index (χ2n) is 6.16. The first-order chi connectivity index (χ1) is 12.3. The minimum absolute atomic E-state index is 0.0636. The molecule has 1 aromatic carbocycles. The number of amides is 2. The molecule has 26 heavy (non-hydrogen) atoms. The van der Waals surface area contributed by atoms with E-state index in [1.165, 1.54) is 31.1 Å². The van der Waals surface area contributed by atoms with Crippen LogP contribution in [-0.4, -0.2) is 75.6 Å². The Hall–Kier alpha value is -2.77. The molecule has 0 aliphatic carbocycles. The van der Waals surface area contributed by atoms with E-state index in [1.54, 1.807) is 26.2 Å². The minimum Gasteiger partial charge on any atom is -0.493 e. The predicted molar refractivity (Wildman–Crippen MR) is 93.4 cm³/mol. The molecule has 0 N–H and O–H groups in total. The number of benzene rings is 1. The number of likely N-dealkylation sites (N-methyl/N-ethyl adjacent to an activating group) is 1. The number of carbonyl (C=O) groups is 3. The highest BCUT2D eigenvalue weighted by molar-refractivity contribution is 5.99. The topological polar surface area (TPSA) is 85.4 Å². The van der Waals surface area contributed by atoms with Gasteiger partial charge >= 0.3 is 5.97 Å². The van der Waals surface area contributed by atoms with Gasteiger partial charge in [0.05, 0.1) is 27.8 Å². The van der Waals surface area contributed by atoms with Gasteiger partial charge in [-0.3, -0.25) is 9.59 Å². The molecule has 0 aromatic heterocycles. The lowest BCUT2D eigenvalue weighted by atomic mass is 9.99. The van der Waals surface area contributed by atoms with Crippen molar-refractivity contribution in [2.24, 2.45) is 0 Å². The van der Waals surface area contributed by atoms with Crippen LogP contribution in [0.1, 0.15) is 22.3 Å². The Morgan fingerprint density at radius 1 is 1.15 bits per heavy atom. The van der Waals surface area contributed by atoms with E-state index in [-0.39, 0.29) is 18.2 Å². The first-order valence-corrected chi connectivity index (χ1v) is 8.17. The van der Waals surface area contributed by atoms with Gasteiger partial charge in [0.1, 0.15) is 6.04 Å². The average Bonchev–Trinajstić information content (AvgIpc) is 2.59. The van der Waals surface area contributed by atoms with Gasteiger partial charge in [0.2, 0.25) is 5.91 Å². The summed E-state index contributed by atoms with van der Waals surface area (Å²) in [6.45, 7) is 0.471. The zero-order valence-corrected chi connectivity index (χ0v) is 15.7. The van der Waals surface area contributed by atoms with Crippen LogP contribution in [0.25, 0.3) is 0 Å². The molecule has 1 saturated heterocycles. The lowest BCUT2D eigenvalue weighted by Gasteiger charge is -2.38. The van der Waals surface area contributed by atoms with Gasteiger partial charge in [0.15, 0.2) is 11.5 Å². The second-order valence-corrected chi connectivity index (χ2v) is 6.16. The third-order valence-corrected chi connectivity index (χ3v) is 4.40. The third kappa shape index (κ3) is 3.74. The van der Waals surface area contributed by atoms with Gasteiger partial charge in [0, 0.05) is 31.8 Å². The number of rotatable bonds is 6. The smallest absolute Gasteiger partial charge is 0.328 e. The summed E-state index contributed by atoms with van der Waals surface area (Å²) in [6.07, 6.45) is 0.631. The van der Waals surface area contributed by atoms with Gasteiger partial charge in [-0.25, -0.2) is 4.79 Å². The molecule has 1 aliphatic heterocycles. The summed E-state index contributed by atoms with van der Waals surface area (Å²) < 4.78 is 15.4. The monoisotopic (exact) mass is 364 g/mol. The van der Waals surface area contributed by atoms with Crippen LogP contribution in [-0.2, 0) is 20.7 Å². The molecule has 1 fully saturated rings. The molecule has 0 bridgehead atoms. The van der Waals surface area contributed by atoms with Gasteiger partial charge in [-0.2, -0.15) is 0 Å². The molecule has 2 rings (SSSR count). The van der Waals surface area contributed by atoms with Crippen molar-refractivity contribution in [1.29, 1.82) is 0 Å². The molecule has 1 aliphatic rings. The van der Waals surface area contributed by atoms with Crippen LogP contribution in [0.4, 0.5) is 0 Å². The number of hydrogen-bond acceptors (Lipinski definition) is 6. The van der Waals surface area contributed by atoms with Crippen molar-refractivity contribution in [3.63, 3.8) is 0 Å². The van der Waals surface area contributed by atoms with Crippen molar-refractivity contribution in [1.82, 2.24) is 9.80 Å². The Balaban J connectivity index is 2.38. The maximum Gasteiger partial charge on any atom is 0.328 e. The number of esters is 1. The molecule has 1 aromatic rings. The first-order valence-electron chi connectivity index (χ1n) is 8.17. The summed E-state index contributed by atoms with van der Waals surface area (Å²) in [6, 6.07) is 2.59. The van der Waals surface area contributed by atoms with E-state index in [0.717, 1.165) is 0 Å². The zero-order chi connectivity index (χ0) is 19.4. The molecule has 8 heteroatoms. The van der Waals surface area contributed by atoms with Gasteiger partial charge in [-0.15, -0.1) is 0 Å². The quantitative estimate of drug-likeness (QED) is 0.692. The normalized spacial score (nSPS) is 15.7. The molecule has 1 unspecified atom stereocenters. The largest absolute Gasteiger partial charge is 0.493 e. The fraction of sp³-hybridized carbons (Fsp3) is 0.500. The molecular weight excluding hydrogens is 340 g/mol. The zero-order valence-electron chi connectivity index (χ0n) is 15.7. The number of ether oxygens (including phenoxy) is 3. The van der Waals surface area contributed by atoms with Crippen molar-refractivity contribution in [3.8, 4) is 11.5 Å². The molecule has 142 valence electrons. The van der Waals surface area contributed by atoms with Gasteiger partial charge in [-0.05, 0) is 18.6 Å². The molecule has 8 nitrogen and oxygen atoms in total. The van der Waals surface area contributed by atoms with Crippen LogP contribution in [0.3, 0.4) is 0 Å². The fourth-order valence-electron chi connectivity index (χ4n) is 2.80. The van der Waals surface area contributed by atoms with Crippen molar-refractivity contribution < 1.29 is 28.6 Å². The van der Waals surface area contributed by atoms with Gasteiger partial charge in [-0.1, -0.05) is 0 Å². The predicted octanol–water partition coefficient (Wildman–Crippen LogP) is 0.722. The Bertz CT molecular complexity index is 716. The van der Waals surface area contributed by atoms with Crippen LogP contribution < -0.4 is 9.47 Å². The van der Waals surface area contributed by atoms with Gasteiger partial charge < -0.3 is 24.0 Å². The summed E-state index contributed by atoms with van der Waals surface area (Å²) in [4.78, 5) is 39.6. The molecule has 0 saturated carbocycles.